The molecule has 1 amide bonds. The Labute approximate surface area is 213 Å². The summed E-state index contributed by atoms with van der Waals surface area (Å²) >= 11 is 1.49. The van der Waals surface area contributed by atoms with Gasteiger partial charge in [-0.15, -0.1) is 11.8 Å². The van der Waals surface area contributed by atoms with E-state index in [0.29, 0.717) is 23.1 Å². The number of amides is 1. The lowest BCUT2D eigenvalue weighted by molar-refractivity contribution is -0.0977. The van der Waals surface area contributed by atoms with Crippen LogP contribution in [0.15, 0.2) is 40.0 Å². The number of carbonyl (C=O) groups is 1. The van der Waals surface area contributed by atoms with E-state index in [2.05, 4.69) is 20.2 Å². The van der Waals surface area contributed by atoms with Crippen molar-refractivity contribution in [2.75, 3.05) is 6.26 Å². The van der Waals surface area contributed by atoms with Crippen molar-refractivity contribution in [2.24, 2.45) is 5.92 Å². The molecule has 192 valence electrons. The van der Waals surface area contributed by atoms with E-state index in [1.807, 2.05) is 50.4 Å². The normalized spacial score (nSPS) is 21.2. The Morgan fingerprint density at radius 3 is 2.61 bits per heavy atom. The molecule has 2 heterocycles. The summed E-state index contributed by atoms with van der Waals surface area (Å²) in [7, 11) is 0. The number of hydrogen-bond acceptors (Lipinski definition) is 4. The molecule has 0 unspecified atom stereocenters. The Morgan fingerprint density at radius 2 is 1.92 bits per heavy atom. The molecule has 5 rings (SSSR count). The monoisotopic (exact) mass is 514 g/mol. The van der Waals surface area contributed by atoms with Crippen LogP contribution in [0.1, 0.15) is 53.0 Å². The molecular formula is C27H32F2N4O2S. The zero-order chi connectivity index (χ0) is 25.6. The smallest absolute Gasteiger partial charge is 0.254 e. The fourth-order valence-corrected chi connectivity index (χ4v) is 6.34. The Morgan fingerprint density at radius 1 is 1.19 bits per heavy atom. The van der Waals surface area contributed by atoms with Gasteiger partial charge < -0.3 is 20.2 Å². The molecule has 2 aromatic heterocycles. The lowest BCUT2D eigenvalue weighted by atomic mass is 9.78. The van der Waals surface area contributed by atoms with Gasteiger partial charge in [-0.25, -0.2) is 8.78 Å². The summed E-state index contributed by atoms with van der Waals surface area (Å²) in [5, 5.41) is 7.22. The molecule has 0 bridgehead atoms. The van der Waals surface area contributed by atoms with Crippen molar-refractivity contribution in [1.82, 2.24) is 20.2 Å². The number of aromatic amines is 1. The second kappa shape index (κ2) is 9.67. The SMILES string of the molecule is CSc1cc(C)[nH]c(=O)c1CNC(=O)c1c(C)n(CC2CC(NC3CC(F)(F)C3)C2)c2ccccc12. The van der Waals surface area contributed by atoms with E-state index >= 15 is 0 Å². The number of halogens is 2. The number of thioether (sulfide) groups is 1. The Balaban J connectivity index is 1.29. The zero-order valence-corrected chi connectivity index (χ0v) is 21.6. The summed E-state index contributed by atoms with van der Waals surface area (Å²) in [4.78, 5) is 29.5. The third-order valence-corrected chi connectivity index (χ3v) is 8.38. The van der Waals surface area contributed by atoms with Crippen LogP contribution in [0.3, 0.4) is 0 Å². The number of para-hydroxylation sites is 1. The predicted octanol–water partition coefficient (Wildman–Crippen LogP) is 4.76. The van der Waals surface area contributed by atoms with E-state index in [1.54, 1.807) is 0 Å². The molecular weight excluding hydrogens is 482 g/mol. The van der Waals surface area contributed by atoms with Gasteiger partial charge in [-0.1, -0.05) is 18.2 Å². The maximum Gasteiger partial charge on any atom is 0.254 e. The molecule has 0 aliphatic heterocycles. The molecule has 1 aromatic carbocycles. The van der Waals surface area contributed by atoms with Gasteiger partial charge in [-0.3, -0.25) is 9.59 Å². The van der Waals surface area contributed by atoms with Crippen LogP contribution in [-0.2, 0) is 13.1 Å². The van der Waals surface area contributed by atoms with Crippen molar-refractivity contribution in [3.63, 3.8) is 0 Å². The minimum atomic E-state index is -2.50. The third kappa shape index (κ3) is 4.83. The molecule has 6 nitrogen and oxygen atoms in total. The molecule has 0 spiro atoms. The van der Waals surface area contributed by atoms with Gasteiger partial charge in [-0.05, 0) is 51.0 Å². The summed E-state index contributed by atoms with van der Waals surface area (Å²) in [5.74, 6) is -2.26. The molecule has 2 aliphatic carbocycles. The number of nitrogens with one attached hydrogen (secondary N) is 3. The third-order valence-electron chi connectivity index (χ3n) is 7.57. The first kappa shape index (κ1) is 25.0. The highest BCUT2D eigenvalue weighted by Crippen LogP contribution is 2.40. The van der Waals surface area contributed by atoms with E-state index in [-0.39, 0.29) is 36.9 Å². The highest BCUT2D eigenvalue weighted by molar-refractivity contribution is 7.98. The number of pyridine rings is 1. The lowest BCUT2D eigenvalue weighted by Gasteiger charge is -2.43. The van der Waals surface area contributed by atoms with Crippen molar-refractivity contribution in [1.29, 1.82) is 0 Å². The number of hydrogen-bond donors (Lipinski definition) is 3. The number of aromatic nitrogens is 2. The van der Waals surface area contributed by atoms with Crippen LogP contribution in [0.2, 0.25) is 0 Å². The van der Waals surface area contributed by atoms with Crippen LogP contribution in [0, 0.1) is 19.8 Å². The number of nitrogens with zero attached hydrogens (tertiary/aromatic N) is 1. The van der Waals surface area contributed by atoms with E-state index in [4.69, 9.17) is 0 Å². The second-order valence-corrected chi connectivity index (χ2v) is 11.1. The van der Waals surface area contributed by atoms with E-state index in [0.717, 1.165) is 46.6 Å². The van der Waals surface area contributed by atoms with Crippen LogP contribution >= 0.6 is 11.8 Å². The van der Waals surface area contributed by atoms with Gasteiger partial charge in [0, 0.05) is 70.8 Å². The largest absolute Gasteiger partial charge is 0.348 e. The average Bonchev–Trinajstić information content (AvgIpc) is 3.06. The average molecular weight is 515 g/mol. The molecule has 36 heavy (non-hydrogen) atoms. The molecule has 0 radical (unpaired) electrons. The molecule has 3 aromatic rings. The minimum Gasteiger partial charge on any atom is -0.348 e. The van der Waals surface area contributed by atoms with E-state index in [1.165, 1.54) is 11.8 Å². The molecule has 2 fully saturated rings. The fourth-order valence-electron chi connectivity index (χ4n) is 5.64. The van der Waals surface area contributed by atoms with E-state index in [9.17, 15) is 18.4 Å². The quantitative estimate of drug-likeness (QED) is 0.379. The molecule has 0 saturated heterocycles. The summed E-state index contributed by atoms with van der Waals surface area (Å²) in [6, 6.07) is 10.0. The molecule has 2 aliphatic rings. The highest BCUT2D eigenvalue weighted by Gasteiger charge is 2.46. The van der Waals surface area contributed by atoms with Crippen molar-refractivity contribution in [2.45, 2.75) is 75.5 Å². The van der Waals surface area contributed by atoms with Crippen LogP contribution in [-0.4, -0.2) is 39.7 Å². The van der Waals surface area contributed by atoms with Crippen molar-refractivity contribution < 1.29 is 13.6 Å². The van der Waals surface area contributed by atoms with Crippen LogP contribution in [0.4, 0.5) is 8.78 Å². The summed E-state index contributed by atoms with van der Waals surface area (Å²) in [5.41, 5.74) is 3.69. The van der Waals surface area contributed by atoms with Crippen molar-refractivity contribution in [3.05, 3.63) is 63.2 Å². The van der Waals surface area contributed by atoms with Gasteiger partial charge in [0.05, 0.1) is 5.56 Å². The number of aryl methyl sites for hydroxylation is 1. The van der Waals surface area contributed by atoms with Crippen LogP contribution < -0.4 is 16.2 Å². The van der Waals surface area contributed by atoms with Crippen molar-refractivity contribution in [3.8, 4) is 0 Å². The van der Waals surface area contributed by atoms with Gasteiger partial charge >= 0.3 is 0 Å². The highest BCUT2D eigenvalue weighted by atomic mass is 32.2. The van der Waals surface area contributed by atoms with E-state index < -0.39 is 5.92 Å². The Hall–Kier alpha value is -2.65. The standard InChI is InChI=1S/C27H32F2N4O2S/c1-15-8-23(36-3)21(25(34)31-15)13-30-26(35)24-16(2)33(22-7-5-4-6-20(22)24)14-17-9-18(10-17)32-19-11-27(28,29)12-19/h4-8,17-19,32H,9-14H2,1-3H3,(H,30,35)(H,31,34). The first-order valence-electron chi connectivity index (χ1n) is 12.4. The molecule has 9 heteroatoms. The summed E-state index contributed by atoms with van der Waals surface area (Å²) in [6.07, 6.45) is 3.70. The van der Waals surface area contributed by atoms with Gasteiger partial charge in [-0.2, -0.15) is 0 Å². The maximum absolute atomic E-state index is 13.4. The number of benzene rings is 1. The van der Waals surface area contributed by atoms with Crippen molar-refractivity contribution >= 4 is 28.6 Å². The Bertz CT molecular complexity index is 1350. The molecule has 2 saturated carbocycles. The fraction of sp³-hybridized carbons (Fsp3) is 0.481. The number of H-pyrrole nitrogens is 1. The Kier molecular flexibility index (Phi) is 6.72. The van der Waals surface area contributed by atoms with Gasteiger partial charge in [0.2, 0.25) is 0 Å². The van der Waals surface area contributed by atoms with Crippen LogP contribution in [0.25, 0.3) is 10.9 Å². The number of alkyl halides is 2. The number of carbonyl (C=O) groups excluding carboxylic acids is 1. The molecule has 3 N–H and O–H groups in total. The number of fused-ring (bicyclic) bond motifs is 1. The number of rotatable bonds is 8. The first-order chi connectivity index (χ1) is 17.1. The van der Waals surface area contributed by atoms with Gasteiger partial charge in [0.15, 0.2) is 0 Å². The van der Waals surface area contributed by atoms with Gasteiger partial charge in [0.1, 0.15) is 0 Å². The zero-order valence-electron chi connectivity index (χ0n) is 20.8. The topological polar surface area (TPSA) is 78.9 Å². The minimum absolute atomic E-state index is 0.0547. The maximum atomic E-state index is 13.4. The molecule has 0 atom stereocenters. The predicted molar refractivity (Wildman–Crippen MR) is 139 cm³/mol. The lowest BCUT2D eigenvalue weighted by Crippen LogP contribution is -2.55. The summed E-state index contributed by atoms with van der Waals surface area (Å²) < 4.78 is 28.4. The summed E-state index contributed by atoms with van der Waals surface area (Å²) in [6.45, 7) is 4.74. The second-order valence-electron chi connectivity index (χ2n) is 10.3. The first-order valence-corrected chi connectivity index (χ1v) is 13.6. The van der Waals surface area contributed by atoms with Gasteiger partial charge in [0.25, 0.3) is 17.4 Å². The van der Waals surface area contributed by atoms with Crippen LogP contribution in [0.5, 0.6) is 0 Å².